The van der Waals surface area contributed by atoms with Gasteiger partial charge in [-0.25, -0.2) is 0 Å². The van der Waals surface area contributed by atoms with Gasteiger partial charge < -0.3 is 14.9 Å². The van der Waals surface area contributed by atoms with E-state index >= 15 is 0 Å². The highest BCUT2D eigenvalue weighted by Crippen LogP contribution is 2.17. The summed E-state index contributed by atoms with van der Waals surface area (Å²) in [6.07, 6.45) is 3.64. The molecule has 5 nitrogen and oxygen atoms in total. The Morgan fingerprint density at radius 3 is 2.95 bits per heavy atom. The van der Waals surface area contributed by atoms with Gasteiger partial charge in [-0.2, -0.15) is 0 Å². The topological polar surface area (TPSA) is 66.9 Å². The fourth-order valence-corrected chi connectivity index (χ4v) is 2.15. The summed E-state index contributed by atoms with van der Waals surface area (Å²) < 4.78 is 1.56. The first-order chi connectivity index (χ1) is 9.06. The predicted molar refractivity (Wildman–Crippen MR) is 75.3 cm³/mol. The Morgan fingerprint density at radius 1 is 1.58 bits per heavy atom. The van der Waals surface area contributed by atoms with Gasteiger partial charge in [0.1, 0.15) is 5.52 Å². The molecule has 2 heterocycles. The van der Waals surface area contributed by atoms with Crippen molar-refractivity contribution in [2.24, 2.45) is 0 Å². The lowest BCUT2D eigenvalue weighted by atomic mass is 10.1. The van der Waals surface area contributed by atoms with Gasteiger partial charge in [0, 0.05) is 30.9 Å². The van der Waals surface area contributed by atoms with Crippen LogP contribution >= 0.6 is 0 Å². The van der Waals surface area contributed by atoms with Crippen LogP contribution < -0.4 is 10.9 Å². The molecule has 0 aromatic carbocycles. The third kappa shape index (κ3) is 2.45. The monoisotopic (exact) mass is 259 g/mol. The minimum absolute atomic E-state index is 0.0797. The van der Waals surface area contributed by atoms with Gasteiger partial charge >= 0.3 is 0 Å². The maximum absolute atomic E-state index is 12.2. The highest BCUT2D eigenvalue weighted by atomic mass is 16.1. The SMILES string of the molecule is C=CCn1cc(CC(=O)NC)c2cc(C)[nH]c2c1=O. The van der Waals surface area contributed by atoms with Gasteiger partial charge in [0.2, 0.25) is 5.91 Å². The molecule has 2 N–H and O–H groups in total. The Balaban J connectivity index is 2.66. The number of hydrogen-bond acceptors (Lipinski definition) is 2. The first-order valence-electron chi connectivity index (χ1n) is 6.10. The number of hydrogen-bond donors (Lipinski definition) is 2. The van der Waals surface area contributed by atoms with Crippen LogP contribution in [0.3, 0.4) is 0 Å². The molecule has 2 aromatic rings. The molecule has 2 aromatic heterocycles. The van der Waals surface area contributed by atoms with E-state index in [9.17, 15) is 9.59 Å². The molecule has 100 valence electrons. The van der Waals surface area contributed by atoms with Crippen molar-refractivity contribution in [1.82, 2.24) is 14.9 Å². The summed E-state index contributed by atoms with van der Waals surface area (Å²) in [4.78, 5) is 26.8. The lowest BCUT2D eigenvalue weighted by Crippen LogP contribution is -2.24. The summed E-state index contributed by atoms with van der Waals surface area (Å²) in [5.41, 5.74) is 2.19. The van der Waals surface area contributed by atoms with E-state index in [1.165, 1.54) is 0 Å². The van der Waals surface area contributed by atoms with Gasteiger partial charge in [0.05, 0.1) is 6.42 Å². The van der Waals surface area contributed by atoms with Gasteiger partial charge in [0.15, 0.2) is 0 Å². The molecule has 0 saturated heterocycles. The summed E-state index contributed by atoms with van der Waals surface area (Å²) >= 11 is 0. The van der Waals surface area contributed by atoms with E-state index < -0.39 is 0 Å². The van der Waals surface area contributed by atoms with E-state index in [0.717, 1.165) is 16.6 Å². The number of nitrogens with one attached hydrogen (secondary N) is 2. The highest BCUT2D eigenvalue weighted by Gasteiger charge is 2.12. The lowest BCUT2D eigenvalue weighted by Gasteiger charge is -2.08. The molecule has 0 aliphatic heterocycles. The molecule has 0 fully saturated rings. The first kappa shape index (κ1) is 13.1. The number of pyridine rings is 1. The second-order valence-corrected chi connectivity index (χ2v) is 4.49. The van der Waals surface area contributed by atoms with Gasteiger partial charge in [-0.15, -0.1) is 6.58 Å². The van der Waals surface area contributed by atoms with Crippen LogP contribution in [0, 0.1) is 6.92 Å². The average Bonchev–Trinajstić information content (AvgIpc) is 2.77. The van der Waals surface area contributed by atoms with E-state index in [1.54, 1.807) is 23.9 Å². The number of aromatic amines is 1. The molecule has 1 amide bonds. The molecule has 0 spiro atoms. The number of amides is 1. The number of likely N-dealkylation sites (N-methyl/N-ethyl adjacent to an activating group) is 1. The predicted octanol–water partition coefficient (Wildman–Crippen LogP) is 1.11. The highest BCUT2D eigenvalue weighted by molar-refractivity contribution is 5.88. The van der Waals surface area contributed by atoms with Crippen molar-refractivity contribution in [3.8, 4) is 0 Å². The third-order valence-corrected chi connectivity index (χ3v) is 3.04. The molecule has 0 atom stereocenters. The molecule has 0 unspecified atom stereocenters. The molecular weight excluding hydrogens is 242 g/mol. The normalized spacial score (nSPS) is 10.6. The Morgan fingerprint density at radius 2 is 2.32 bits per heavy atom. The number of carbonyl (C=O) groups excluding carboxylic acids is 1. The lowest BCUT2D eigenvalue weighted by molar-refractivity contribution is -0.119. The number of allylic oxidation sites excluding steroid dienone is 1. The molecule has 2 rings (SSSR count). The zero-order valence-corrected chi connectivity index (χ0v) is 11.1. The maximum Gasteiger partial charge on any atom is 0.275 e. The Kier molecular flexibility index (Phi) is 3.55. The number of rotatable bonds is 4. The van der Waals surface area contributed by atoms with Crippen molar-refractivity contribution in [1.29, 1.82) is 0 Å². The summed E-state index contributed by atoms with van der Waals surface area (Å²) in [7, 11) is 1.60. The quantitative estimate of drug-likeness (QED) is 0.808. The molecule has 0 aliphatic carbocycles. The Bertz CT molecular complexity index is 695. The molecule has 5 heteroatoms. The molecule has 0 bridgehead atoms. The van der Waals surface area contributed by atoms with Gasteiger partial charge in [-0.3, -0.25) is 9.59 Å². The van der Waals surface area contributed by atoms with Gasteiger partial charge in [0.25, 0.3) is 5.56 Å². The van der Waals surface area contributed by atoms with Crippen molar-refractivity contribution < 1.29 is 4.79 Å². The summed E-state index contributed by atoms with van der Waals surface area (Å²) in [5.74, 6) is -0.0797. The van der Waals surface area contributed by atoms with Crippen LogP contribution in [0.4, 0.5) is 0 Å². The fraction of sp³-hybridized carbons (Fsp3) is 0.286. The summed E-state index contributed by atoms with van der Waals surface area (Å²) in [6, 6.07) is 1.90. The molecule has 0 saturated carbocycles. The second-order valence-electron chi connectivity index (χ2n) is 4.49. The largest absolute Gasteiger partial charge is 0.359 e. The van der Waals surface area contributed by atoms with Crippen LogP contribution in [0.15, 0.2) is 29.7 Å². The number of aryl methyl sites for hydroxylation is 1. The van der Waals surface area contributed by atoms with Crippen molar-refractivity contribution in [3.63, 3.8) is 0 Å². The minimum atomic E-state index is -0.0938. The van der Waals surface area contributed by atoms with E-state index in [4.69, 9.17) is 0 Å². The van der Waals surface area contributed by atoms with E-state index in [0.29, 0.717) is 12.1 Å². The molecular formula is C14H17N3O2. The van der Waals surface area contributed by atoms with Crippen molar-refractivity contribution in [2.45, 2.75) is 19.9 Å². The van der Waals surface area contributed by atoms with Crippen LogP contribution in [-0.4, -0.2) is 22.5 Å². The fourth-order valence-electron chi connectivity index (χ4n) is 2.15. The van der Waals surface area contributed by atoms with E-state index in [1.807, 2.05) is 13.0 Å². The van der Waals surface area contributed by atoms with E-state index in [2.05, 4.69) is 16.9 Å². The van der Waals surface area contributed by atoms with Crippen LogP contribution in [0.5, 0.6) is 0 Å². The van der Waals surface area contributed by atoms with Crippen LogP contribution in [-0.2, 0) is 17.8 Å². The number of fused-ring (bicyclic) bond motifs is 1. The number of nitrogens with zero attached hydrogens (tertiary/aromatic N) is 1. The van der Waals surface area contributed by atoms with Crippen LogP contribution in [0.25, 0.3) is 10.9 Å². The number of H-pyrrole nitrogens is 1. The zero-order chi connectivity index (χ0) is 14.0. The minimum Gasteiger partial charge on any atom is -0.359 e. The van der Waals surface area contributed by atoms with E-state index in [-0.39, 0.29) is 17.9 Å². The smallest absolute Gasteiger partial charge is 0.275 e. The van der Waals surface area contributed by atoms with Crippen molar-refractivity contribution in [2.75, 3.05) is 7.05 Å². The third-order valence-electron chi connectivity index (χ3n) is 3.04. The van der Waals surface area contributed by atoms with Gasteiger partial charge in [-0.1, -0.05) is 6.08 Å². The van der Waals surface area contributed by atoms with Crippen LogP contribution in [0.1, 0.15) is 11.3 Å². The summed E-state index contributed by atoms with van der Waals surface area (Å²) in [5, 5.41) is 3.41. The average molecular weight is 259 g/mol. The molecule has 19 heavy (non-hydrogen) atoms. The zero-order valence-electron chi connectivity index (χ0n) is 11.1. The number of carbonyl (C=O) groups is 1. The van der Waals surface area contributed by atoms with Crippen LogP contribution in [0.2, 0.25) is 0 Å². The maximum atomic E-state index is 12.2. The standard InChI is InChI=1S/C14H17N3O2/c1-4-5-17-8-10(7-12(18)15-3)11-6-9(2)16-13(11)14(17)19/h4,6,8,16H,1,5,7H2,2-3H3,(H,15,18). The molecule has 0 radical (unpaired) electrons. The number of aromatic nitrogens is 2. The first-order valence-corrected chi connectivity index (χ1v) is 6.10. The van der Waals surface area contributed by atoms with Gasteiger partial charge in [-0.05, 0) is 18.6 Å². The van der Waals surface area contributed by atoms with Crippen molar-refractivity contribution >= 4 is 16.8 Å². The molecule has 0 aliphatic rings. The van der Waals surface area contributed by atoms with Crippen molar-refractivity contribution in [3.05, 3.63) is 46.5 Å². The second kappa shape index (κ2) is 5.14. The Labute approximate surface area is 110 Å². The Hall–Kier alpha value is -2.30. The summed E-state index contributed by atoms with van der Waals surface area (Å²) in [6.45, 7) is 5.95.